The minimum Gasteiger partial charge on any atom is -0.272 e. The number of carbonyl (C=O) groups excluding carboxylic acids is 2. The van der Waals surface area contributed by atoms with E-state index in [0.717, 1.165) is 14.7 Å². The Bertz CT molecular complexity index is 1680. The molecule has 0 aliphatic carbocycles. The van der Waals surface area contributed by atoms with Gasteiger partial charge in [0.25, 0.3) is 34.1 Å². The van der Waals surface area contributed by atoms with Crippen LogP contribution in [0, 0.1) is 0 Å². The Morgan fingerprint density at radius 2 is 0.872 bits per heavy atom. The van der Waals surface area contributed by atoms with Crippen LogP contribution in [0.2, 0.25) is 0 Å². The first-order chi connectivity index (χ1) is 18.2. The Labute approximate surface area is 225 Å². The summed E-state index contributed by atoms with van der Waals surface area (Å²) < 4.78 is 2.30. The number of hydrogen-bond donors (Lipinski definition) is 0. The molecule has 1 aliphatic rings. The van der Waals surface area contributed by atoms with Gasteiger partial charge in [0.2, 0.25) is 0 Å². The molecule has 0 bridgehead atoms. The van der Waals surface area contributed by atoms with Gasteiger partial charge in [-0.3, -0.25) is 42.8 Å². The number of carbonyl (C=O) groups is 2. The molecule has 0 N–H and O–H groups in total. The van der Waals surface area contributed by atoms with Crippen LogP contribution in [0.25, 0.3) is 21.5 Å². The second-order valence-corrected chi connectivity index (χ2v) is 11.1. The van der Waals surface area contributed by atoms with Crippen molar-refractivity contribution in [3.63, 3.8) is 0 Å². The van der Waals surface area contributed by atoms with Crippen molar-refractivity contribution in [3.05, 3.63) is 88.4 Å². The lowest BCUT2D eigenvalue weighted by atomic mass is 9.98. The molecule has 0 fully saturated rings. The molecule has 39 heavy (non-hydrogen) atoms. The molecule has 0 unspecified atom stereocenters. The number of benzene rings is 2. The summed E-state index contributed by atoms with van der Waals surface area (Å²) in [6.07, 6.45) is 0. The molecule has 0 saturated carbocycles. The fraction of sp³-hybridized carbons (Fsp3) is 0.400. The van der Waals surface area contributed by atoms with Gasteiger partial charge in [-0.25, -0.2) is 0 Å². The zero-order chi connectivity index (χ0) is 29.1. The van der Waals surface area contributed by atoms with Crippen molar-refractivity contribution in [1.29, 1.82) is 0 Å². The highest BCUT2D eigenvalue weighted by molar-refractivity contribution is 6.21. The molecular formula is C30H33N3O6. The number of hydrogen-bond acceptors (Lipinski definition) is 6. The molecule has 2 aromatic carbocycles. The number of imide groups is 1. The Balaban J connectivity index is 0.000000187. The van der Waals surface area contributed by atoms with E-state index in [1.165, 1.54) is 17.0 Å². The Morgan fingerprint density at radius 3 is 1.21 bits per heavy atom. The first-order valence-corrected chi connectivity index (χ1v) is 13.1. The summed E-state index contributed by atoms with van der Waals surface area (Å²) in [4.78, 5) is 74.9. The summed E-state index contributed by atoms with van der Waals surface area (Å²) in [6.45, 7) is 14.8. The van der Waals surface area contributed by atoms with E-state index < -0.39 is 22.2 Å². The highest BCUT2D eigenvalue weighted by atomic mass is 16.2. The zero-order valence-electron chi connectivity index (χ0n) is 23.5. The van der Waals surface area contributed by atoms with Crippen LogP contribution in [0.4, 0.5) is 0 Å². The average Bonchev–Trinajstić information content (AvgIpc) is 3.37. The fourth-order valence-electron chi connectivity index (χ4n) is 5.05. The lowest BCUT2D eigenvalue weighted by Gasteiger charge is -2.17. The highest BCUT2D eigenvalue weighted by Crippen LogP contribution is 2.28. The second kappa shape index (κ2) is 9.87. The topological polar surface area (TPSA) is 116 Å². The summed E-state index contributed by atoms with van der Waals surface area (Å²) >= 11 is 0. The smallest absolute Gasteiger partial charge is 0.261 e. The van der Waals surface area contributed by atoms with E-state index in [-0.39, 0.29) is 51.5 Å². The molecule has 4 aromatic rings. The molecule has 1 aliphatic heterocycles. The standard InChI is InChI=1S/C16H16N2O4.C14H17NO2/c1-7(2)17-13(19)9-5-11-12(6-10(9)14(17)20)16(22)18(8(3)4)15(11)21;1-8(2)10-5-6-11-12(7-10)14(17)15(9(3)4)13(11)16/h5-8H,1-4H3;5-9H,1-4H3. The zero-order valence-corrected chi connectivity index (χ0v) is 23.5. The maximum Gasteiger partial charge on any atom is 0.261 e. The normalized spacial score (nSPS) is 13.5. The van der Waals surface area contributed by atoms with Crippen LogP contribution in [0.3, 0.4) is 0 Å². The van der Waals surface area contributed by atoms with Crippen molar-refractivity contribution in [2.45, 2.75) is 79.4 Å². The molecule has 5 rings (SSSR count). The first-order valence-electron chi connectivity index (χ1n) is 13.1. The molecule has 0 radical (unpaired) electrons. The molecule has 0 spiro atoms. The third-order valence-electron chi connectivity index (χ3n) is 7.11. The molecule has 0 atom stereocenters. The van der Waals surface area contributed by atoms with Crippen molar-refractivity contribution in [2.75, 3.05) is 0 Å². The molecule has 3 heterocycles. The van der Waals surface area contributed by atoms with Gasteiger partial charge >= 0.3 is 0 Å². The maximum atomic E-state index is 12.3. The van der Waals surface area contributed by atoms with Crippen LogP contribution in [0.1, 0.15) is 99.7 Å². The number of rotatable bonds is 4. The summed E-state index contributed by atoms with van der Waals surface area (Å²) in [5.74, 6) is 0.0223. The van der Waals surface area contributed by atoms with Crippen LogP contribution in [-0.4, -0.2) is 31.9 Å². The van der Waals surface area contributed by atoms with E-state index in [1.807, 2.05) is 26.0 Å². The molecular weight excluding hydrogens is 498 g/mol. The minimum atomic E-state index is -0.416. The first kappa shape index (κ1) is 27.9. The van der Waals surface area contributed by atoms with E-state index in [2.05, 4.69) is 13.8 Å². The number of fused-ring (bicyclic) bond motifs is 3. The average molecular weight is 532 g/mol. The maximum absolute atomic E-state index is 12.3. The Morgan fingerprint density at radius 1 is 0.487 bits per heavy atom. The summed E-state index contributed by atoms with van der Waals surface area (Å²) in [5.41, 5.74) is 0.516. The van der Waals surface area contributed by atoms with Gasteiger partial charge in [0.1, 0.15) is 0 Å². The predicted molar refractivity (Wildman–Crippen MR) is 152 cm³/mol. The van der Waals surface area contributed by atoms with Gasteiger partial charge in [-0.1, -0.05) is 19.9 Å². The third kappa shape index (κ3) is 4.35. The molecule has 0 saturated heterocycles. The molecule has 204 valence electrons. The molecule has 2 amide bonds. The number of aromatic nitrogens is 2. The van der Waals surface area contributed by atoms with Crippen LogP contribution in [-0.2, 0) is 0 Å². The Hall–Kier alpha value is -4.14. The number of nitrogens with zero attached hydrogens (tertiary/aromatic N) is 3. The van der Waals surface area contributed by atoms with Crippen LogP contribution in [0.15, 0.2) is 49.5 Å². The van der Waals surface area contributed by atoms with Crippen LogP contribution < -0.4 is 22.2 Å². The van der Waals surface area contributed by atoms with Crippen molar-refractivity contribution >= 4 is 33.4 Å². The van der Waals surface area contributed by atoms with Gasteiger partial charge in [-0.15, -0.1) is 0 Å². The highest BCUT2D eigenvalue weighted by Gasteiger charge is 2.37. The fourth-order valence-corrected chi connectivity index (χ4v) is 5.05. The largest absolute Gasteiger partial charge is 0.272 e. The van der Waals surface area contributed by atoms with Crippen molar-refractivity contribution < 1.29 is 9.59 Å². The van der Waals surface area contributed by atoms with Crippen molar-refractivity contribution in [1.82, 2.24) is 14.0 Å². The summed E-state index contributed by atoms with van der Waals surface area (Å²) in [6, 6.07) is 7.67. The monoisotopic (exact) mass is 531 g/mol. The van der Waals surface area contributed by atoms with Gasteiger partial charge in [-0.2, -0.15) is 0 Å². The van der Waals surface area contributed by atoms with E-state index in [4.69, 9.17) is 0 Å². The van der Waals surface area contributed by atoms with Crippen LogP contribution >= 0.6 is 0 Å². The van der Waals surface area contributed by atoms with Crippen molar-refractivity contribution in [2.24, 2.45) is 0 Å². The van der Waals surface area contributed by atoms with Crippen LogP contribution in [0.5, 0.6) is 0 Å². The lowest BCUT2D eigenvalue weighted by Crippen LogP contribution is -2.35. The van der Waals surface area contributed by atoms with E-state index >= 15 is 0 Å². The molecule has 9 nitrogen and oxygen atoms in total. The summed E-state index contributed by atoms with van der Waals surface area (Å²) in [7, 11) is 0. The Kier molecular flexibility index (Phi) is 7.06. The molecule has 9 heteroatoms. The summed E-state index contributed by atoms with van der Waals surface area (Å²) in [5, 5.41) is 0.793. The number of amides is 2. The van der Waals surface area contributed by atoms with Gasteiger partial charge in [-0.05, 0) is 77.3 Å². The van der Waals surface area contributed by atoms with Gasteiger partial charge < -0.3 is 0 Å². The second-order valence-electron chi connectivity index (χ2n) is 11.1. The van der Waals surface area contributed by atoms with E-state index in [1.54, 1.807) is 33.8 Å². The van der Waals surface area contributed by atoms with Gasteiger partial charge in [0.15, 0.2) is 0 Å². The minimum absolute atomic E-state index is 0.0927. The quantitative estimate of drug-likeness (QED) is 0.369. The molecule has 2 aromatic heterocycles. The lowest BCUT2D eigenvalue weighted by molar-refractivity contribution is 0.0609. The van der Waals surface area contributed by atoms with Gasteiger partial charge in [0.05, 0.1) is 32.7 Å². The SMILES string of the molecule is CC(C)c1ccc2c(c1)C(=O)N(C(C)C)C2=O.CC(C)n1c(=O)c2cc3c(=O)n(C(C)C)c(=O)c3cc2c1=O. The van der Waals surface area contributed by atoms with E-state index in [0.29, 0.717) is 17.0 Å². The third-order valence-corrected chi connectivity index (χ3v) is 7.11. The van der Waals surface area contributed by atoms with E-state index in [9.17, 15) is 28.8 Å². The van der Waals surface area contributed by atoms with Gasteiger partial charge in [0, 0.05) is 18.1 Å². The predicted octanol–water partition coefficient (Wildman–Crippen LogP) is 3.89. The van der Waals surface area contributed by atoms with Crippen molar-refractivity contribution in [3.8, 4) is 0 Å².